The monoisotopic (exact) mass is 248 g/mol. The third-order valence-electron chi connectivity index (χ3n) is 2.27. The predicted molar refractivity (Wildman–Crippen MR) is 72.4 cm³/mol. The normalized spacial score (nSPS) is 12.1. The quantitative estimate of drug-likeness (QED) is 0.608. The Labute approximate surface area is 108 Å². The van der Waals surface area contributed by atoms with Gasteiger partial charge in [0.2, 0.25) is 5.82 Å². The molecule has 0 fully saturated rings. The van der Waals surface area contributed by atoms with Gasteiger partial charge in [-0.05, 0) is 17.4 Å². The van der Waals surface area contributed by atoms with Crippen LogP contribution in [0.1, 0.15) is 44.6 Å². The van der Waals surface area contributed by atoms with Crippen molar-refractivity contribution < 1.29 is 4.79 Å². The molecular weight excluding hydrogens is 228 g/mol. The average Bonchev–Trinajstić information content (AvgIpc) is 2.54. The third-order valence-corrected chi connectivity index (χ3v) is 2.27. The molecule has 0 bridgehead atoms. The van der Waals surface area contributed by atoms with Crippen molar-refractivity contribution in [1.82, 2.24) is 15.0 Å². The summed E-state index contributed by atoms with van der Waals surface area (Å²) in [7, 11) is 1.67. The summed E-state index contributed by atoms with van der Waals surface area (Å²) in [6, 6.07) is 0. The summed E-state index contributed by atoms with van der Waals surface area (Å²) in [6.45, 7) is 11.8. The molecule has 0 radical (unpaired) electrons. The van der Waals surface area contributed by atoms with Crippen LogP contribution in [0.4, 0.5) is 5.82 Å². The zero-order chi connectivity index (χ0) is 13.9. The van der Waals surface area contributed by atoms with E-state index in [9.17, 15) is 4.79 Å². The second-order valence-corrected chi connectivity index (χ2v) is 5.60. The Morgan fingerprint density at radius 1 is 1.50 bits per heavy atom. The molecule has 0 spiro atoms. The number of nitrogens with zero attached hydrogens (tertiary/aromatic N) is 4. The fourth-order valence-electron chi connectivity index (χ4n) is 1.70. The maximum atomic E-state index is 11.4. The largest absolute Gasteiger partial charge is 0.293 e. The molecule has 0 aliphatic heterocycles. The molecule has 0 aromatic carbocycles. The van der Waals surface area contributed by atoms with Gasteiger partial charge in [-0.25, -0.2) is 9.67 Å². The van der Waals surface area contributed by atoms with Crippen LogP contribution >= 0.6 is 0 Å². The Morgan fingerprint density at radius 2 is 2.11 bits per heavy atom. The molecule has 1 heterocycles. The lowest BCUT2D eigenvalue weighted by Gasteiger charge is -2.17. The Bertz CT molecular complexity index is 492. The van der Waals surface area contributed by atoms with Crippen LogP contribution in [0, 0.1) is 5.41 Å². The molecule has 1 aromatic heterocycles. The number of allylic oxidation sites excluding steroid dienone is 1. The molecule has 98 valence electrons. The molecule has 5 nitrogen and oxygen atoms in total. The van der Waals surface area contributed by atoms with Crippen LogP contribution in [0.3, 0.4) is 0 Å². The van der Waals surface area contributed by atoms with Crippen molar-refractivity contribution in [1.29, 1.82) is 0 Å². The smallest absolute Gasteiger partial charge is 0.205 e. The molecule has 0 saturated heterocycles. The van der Waals surface area contributed by atoms with Gasteiger partial charge in [-0.1, -0.05) is 32.6 Å². The van der Waals surface area contributed by atoms with Gasteiger partial charge < -0.3 is 0 Å². The first-order valence-electron chi connectivity index (χ1n) is 5.83. The van der Waals surface area contributed by atoms with E-state index in [2.05, 4.69) is 42.7 Å². The van der Waals surface area contributed by atoms with Gasteiger partial charge in [0.15, 0.2) is 5.78 Å². The standard InChI is InChI=1S/C13H20N4O/c1-9(7-13(3,4)5)8-14-12-11(10(2)18)17(6)16-15-12/h8H,1,7H2,2-6H3/b14-8-. The third kappa shape index (κ3) is 3.91. The molecule has 1 aromatic rings. The van der Waals surface area contributed by atoms with Crippen molar-refractivity contribution in [2.24, 2.45) is 17.5 Å². The number of hydrogen-bond donors (Lipinski definition) is 0. The molecule has 0 amide bonds. The average molecular weight is 248 g/mol. The highest BCUT2D eigenvalue weighted by Gasteiger charge is 2.14. The molecule has 5 heteroatoms. The molecule has 0 N–H and O–H groups in total. The number of carbonyl (C=O) groups is 1. The fourth-order valence-corrected chi connectivity index (χ4v) is 1.70. The molecule has 0 aliphatic carbocycles. The highest BCUT2D eigenvalue weighted by molar-refractivity contribution is 5.97. The van der Waals surface area contributed by atoms with Crippen LogP contribution < -0.4 is 0 Å². The molecule has 18 heavy (non-hydrogen) atoms. The second kappa shape index (κ2) is 5.25. The Balaban J connectivity index is 2.86. The van der Waals surface area contributed by atoms with Gasteiger partial charge >= 0.3 is 0 Å². The van der Waals surface area contributed by atoms with Crippen LogP contribution in [-0.2, 0) is 7.05 Å². The highest BCUT2D eigenvalue weighted by atomic mass is 16.1. The van der Waals surface area contributed by atoms with Crippen LogP contribution in [0.2, 0.25) is 0 Å². The Hall–Kier alpha value is -1.78. The van der Waals surface area contributed by atoms with E-state index >= 15 is 0 Å². The summed E-state index contributed by atoms with van der Waals surface area (Å²) < 4.78 is 1.43. The van der Waals surface area contributed by atoms with E-state index in [0.717, 1.165) is 12.0 Å². The van der Waals surface area contributed by atoms with E-state index < -0.39 is 0 Å². The van der Waals surface area contributed by atoms with Crippen molar-refractivity contribution >= 4 is 17.8 Å². The zero-order valence-electron chi connectivity index (χ0n) is 11.7. The van der Waals surface area contributed by atoms with Crippen LogP contribution in [0.5, 0.6) is 0 Å². The molecular formula is C13H20N4O. The number of aliphatic imine (C=N–C) groups is 1. The molecule has 0 atom stereocenters. The summed E-state index contributed by atoms with van der Waals surface area (Å²) in [5, 5.41) is 7.65. The van der Waals surface area contributed by atoms with E-state index in [1.165, 1.54) is 11.6 Å². The van der Waals surface area contributed by atoms with E-state index in [1.54, 1.807) is 13.3 Å². The van der Waals surface area contributed by atoms with Crippen LogP contribution in [0.25, 0.3) is 0 Å². The van der Waals surface area contributed by atoms with Crippen molar-refractivity contribution in [3.63, 3.8) is 0 Å². The maximum Gasteiger partial charge on any atom is 0.205 e. The summed E-state index contributed by atoms with van der Waals surface area (Å²) in [5.41, 5.74) is 1.48. The molecule has 1 rings (SSSR count). The molecule has 0 unspecified atom stereocenters. The minimum Gasteiger partial charge on any atom is -0.293 e. The lowest BCUT2D eigenvalue weighted by Crippen LogP contribution is -2.06. The number of ketones is 1. The Morgan fingerprint density at radius 3 is 2.61 bits per heavy atom. The van der Waals surface area contributed by atoms with Crippen molar-refractivity contribution in [2.45, 2.75) is 34.1 Å². The summed E-state index contributed by atoms with van der Waals surface area (Å²) >= 11 is 0. The van der Waals surface area contributed by atoms with E-state index in [4.69, 9.17) is 0 Å². The van der Waals surface area contributed by atoms with Gasteiger partial charge in [-0.2, -0.15) is 0 Å². The van der Waals surface area contributed by atoms with Gasteiger partial charge in [0.25, 0.3) is 0 Å². The topological polar surface area (TPSA) is 60.1 Å². The minimum atomic E-state index is -0.101. The number of rotatable bonds is 4. The second-order valence-electron chi connectivity index (χ2n) is 5.60. The SMILES string of the molecule is C=C(/C=N\c1nnn(C)c1C(C)=O)CC(C)(C)C. The number of carbonyl (C=O) groups excluding carboxylic acids is 1. The maximum absolute atomic E-state index is 11.4. The minimum absolute atomic E-state index is 0.101. The van der Waals surface area contributed by atoms with Crippen molar-refractivity contribution in [3.05, 3.63) is 17.8 Å². The van der Waals surface area contributed by atoms with Crippen molar-refractivity contribution in [3.8, 4) is 0 Å². The first kappa shape index (κ1) is 14.3. The highest BCUT2D eigenvalue weighted by Crippen LogP contribution is 2.23. The van der Waals surface area contributed by atoms with E-state index in [-0.39, 0.29) is 11.2 Å². The number of hydrogen-bond acceptors (Lipinski definition) is 4. The van der Waals surface area contributed by atoms with Gasteiger partial charge in [0, 0.05) is 20.2 Å². The lowest BCUT2D eigenvalue weighted by molar-refractivity contribution is 0.100. The number of aryl methyl sites for hydroxylation is 1. The number of Topliss-reactive ketones (excluding diaryl/α,β-unsaturated/α-hetero) is 1. The van der Waals surface area contributed by atoms with Gasteiger partial charge in [0.1, 0.15) is 5.69 Å². The molecule has 0 saturated carbocycles. The summed E-state index contributed by atoms with van der Waals surface area (Å²) in [4.78, 5) is 15.6. The lowest BCUT2D eigenvalue weighted by atomic mass is 9.89. The zero-order valence-corrected chi connectivity index (χ0v) is 11.7. The fraction of sp³-hybridized carbons (Fsp3) is 0.538. The number of aromatic nitrogens is 3. The van der Waals surface area contributed by atoms with Gasteiger partial charge in [-0.3, -0.25) is 4.79 Å². The summed E-state index contributed by atoms with van der Waals surface area (Å²) in [5.74, 6) is 0.246. The van der Waals surface area contributed by atoms with E-state index in [0.29, 0.717) is 11.5 Å². The molecule has 0 aliphatic rings. The predicted octanol–water partition coefficient (Wildman–Crippen LogP) is 2.71. The van der Waals surface area contributed by atoms with Crippen molar-refractivity contribution in [2.75, 3.05) is 0 Å². The van der Waals surface area contributed by atoms with Crippen LogP contribution in [0.15, 0.2) is 17.1 Å². The van der Waals surface area contributed by atoms with E-state index in [1.807, 2.05) is 0 Å². The first-order chi connectivity index (χ1) is 8.20. The van der Waals surface area contributed by atoms with Gasteiger partial charge in [-0.15, -0.1) is 5.10 Å². The first-order valence-corrected chi connectivity index (χ1v) is 5.83. The summed E-state index contributed by atoms with van der Waals surface area (Å²) in [6.07, 6.45) is 2.49. The van der Waals surface area contributed by atoms with Gasteiger partial charge in [0.05, 0.1) is 0 Å². The van der Waals surface area contributed by atoms with Crippen LogP contribution in [-0.4, -0.2) is 27.0 Å². The Kier molecular flexibility index (Phi) is 4.16.